The van der Waals surface area contributed by atoms with Crippen LogP contribution in [0, 0.1) is 0 Å². The number of aliphatic hydroxyl groups excluding tert-OH is 5. The first-order chi connectivity index (χ1) is 39.2. The zero-order valence-electron chi connectivity index (χ0n) is 51.4. The van der Waals surface area contributed by atoms with Crippen LogP contribution in [-0.2, 0) is 23.8 Å². The largest absolute Gasteiger partial charge is 0.454 e. The summed E-state index contributed by atoms with van der Waals surface area (Å²) in [7, 11) is 0. The number of ether oxygens (including phenoxy) is 3. The Morgan fingerprint density at radius 2 is 0.912 bits per heavy atom. The molecule has 1 rings (SSSR count). The molecule has 80 heavy (non-hydrogen) atoms. The molecule has 11 nitrogen and oxygen atoms in total. The van der Waals surface area contributed by atoms with Crippen molar-refractivity contribution in [3.63, 3.8) is 0 Å². The van der Waals surface area contributed by atoms with Gasteiger partial charge in [-0.3, -0.25) is 9.59 Å². The number of allylic oxidation sites excluding steroid dienone is 11. The highest BCUT2D eigenvalue weighted by Gasteiger charge is 2.47. The lowest BCUT2D eigenvalue weighted by molar-refractivity contribution is -0.305. The Kier molecular flexibility index (Phi) is 53.1. The van der Waals surface area contributed by atoms with Gasteiger partial charge in [0.15, 0.2) is 12.4 Å². The van der Waals surface area contributed by atoms with Gasteiger partial charge >= 0.3 is 5.97 Å². The van der Waals surface area contributed by atoms with E-state index in [2.05, 4.69) is 50.4 Å². The topological polar surface area (TPSA) is 175 Å². The summed E-state index contributed by atoms with van der Waals surface area (Å²) >= 11 is 0. The number of hydrogen-bond acceptors (Lipinski definition) is 10. The molecule has 6 N–H and O–H groups in total. The van der Waals surface area contributed by atoms with E-state index in [-0.39, 0.29) is 19.4 Å². The molecule has 1 fully saturated rings. The second-order valence-corrected chi connectivity index (χ2v) is 22.9. The molecule has 0 radical (unpaired) electrons. The van der Waals surface area contributed by atoms with Gasteiger partial charge in [-0.1, -0.05) is 286 Å². The highest BCUT2D eigenvalue weighted by Crippen LogP contribution is 2.26. The summed E-state index contributed by atoms with van der Waals surface area (Å²) < 4.78 is 17.6. The van der Waals surface area contributed by atoms with Crippen molar-refractivity contribution >= 4 is 11.9 Å². The maximum absolute atomic E-state index is 13.4. The summed E-state index contributed by atoms with van der Waals surface area (Å²) in [6.07, 6.45) is 62.4. The number of unbranched alkanes of at least 4 members (excludes halogenated alkanes) is 35. The van der Waals surface area contributed by atoms with E-state index in [0.29, 0.717) is 12.8 Å². The van der Waals surface area contributed by atoms with Gasteiger partial charge in [-0.15, -0.1) is 0 Å². The fourth-order valence-electron chi connectivity index (χ4n) is 10.2. The first kappa shape index (κ1) is 75.1. The standard InChI is InChI=1S/C69H123NO10/c1-4-7-10-13-16-19-22-25-27-28-29-30-31-32-33-34-35-36-37-39-42-45-48-51-54-57-64(74)80-67-66(76)65(75)63(58-71)79-69(67)78-59-60(61(72)55-52-49-46-43-40-24-21-18-15-12-9-6-3)70-68(77)62(73)56-53-50-47-44-41-38-26-23-20-17-14-11-8-5-2/h8,11,14,17,20,23,25-27,38,52,55,60-63,65-67,69,71-73,75-76H,4-7,9-10,12-13,15-16,18-19,21-22,24,28-37,39-51,53-54,56-59H2,1-3H3,(H,70,77)/b11-8+,17-14+,23-20+,27-25+,38-26-,55-52+. The minimum absolute atomic E-state index is 0.120. The molecule has 1 aliphatic heterocycles. The molecule has 0 aromatic heterocycles. The number of aliphatic hydroxyl groups is 5. The molecular weight excluding hydrogens is 1000 g/mol. The average molecular weight is 1130 g/mol. The quantitative estimate of drug-likeness (QED) is 0.0149. The molecule has 1 amide bonds. The maximum atomic E-state index is 13.4. The van der Waals surface area contributed by atoms with E-state index in [1.54, 1.807) is 6.08 Å². The molecule has 8 unspecified atom stereocenters. The van der Waals surface area contributed by atoms with Crippen LogP contribution < -0.4 is 5.32 Å². The van der Waals surface area contributed by atoms with E-state index in [1.807, 2.05) is 42.5 Å². The van der Waals surface area contributed by atoms with Crippen LogP contribution in [-0.4, -0.2) is 99.6 Å². The summed E-state index contributed by atoms with van der Waals surface area (Å²) in [6.45, 7) is 5.65. The van der Waals surface area contributed by atoms with Crippen molar-refractivity contribution in [1.82, 2.24) is 5.32 Å². The Labute approximate surface area is 490 Å². The fourth-order valence-corrected chi connectivity index (χ4v) is 10.2. The zero-order chi connectivity index (χ0) is 58.2. The third-order valence-corrected chi connectivity index (χ3v) is 15.4. The Balaban J connectivity index is 2.58. The van der Waals surface area contributed by atoms with Gasteiger partial charge < -0.3 is 45.1 Å². The summed E-state index contributed by atoms with van der Waals surface area (Å²) in [5.74, 6) is -1.21. The van der Waals surface area contributed by atoms with Crippen molar-refractivity contribution in [1.29, 1.82) is 0 Å². The van der Waals surface area contributed by atoms with Crippen LogP contribution in [0.1, 0.15) is 290 Å². The first-order valence-electron chi connectivity index (χ1n) is 33.3. The van der Waals surface area contributed by atoms with Gasteiger partial charge in [-0.2, -0.15) is 0 Å². The molecule has 464 valence electrons. The number of esters is 1. The molecule has 8 atom stereocenters. The van der Waals surface area contributed by atoms with Gasteiger partial charge in [0.25, 0.3) is 0 Å². The molecule has 0 aromatic carbocycles. The SMILES string of the molecule is CC/C=C/C=C/C=C/C=C\CCCCCCC(O)C(=O)NC(COC1OC(CO)C(O)C(O)C1OC(=O)CCCCCCCCCCCCCCCCC/C=C/CCCCCCCC)C(O)/C=C/CCCCCCCCCCCC. The lowest BCUT2D eigenvalue weighted by atomic mass is 9.99. The van der Waals surface area contributed by atoms with Gasteiger partial charge in [-0.25, -0.2) is 0 Å². The fraction of sp³-hybridized carbons (Fsp3) is 0.797. The highest BCUT2D eigenvalue weighted by molar-refractivity contribution is 5.80. The van der Waals surface area contributed by atoms with Gasteiger partial charge in [0.05, 0.1) is 25.4 Å². The van der Waals surface area contributed by atoms with Crippen LogP contribution in [0.4, 0.5) is 0 Å². The molecule has 0 spiro atoms. The number of carbonyl (C=O) groups is 2. The van der Waals surface area contributed by atoms with E-state index < -0.39 is 67.4 Å². The van der Waals surface area contributed by atoms with Crippen LogP contribution in [0.3, 0.4) is 0 Å². The smallest absolute Gasteiger partial charge is 0.306 e. The Morgan fingerprint density at radius 3 is 1.39 bits per heavy atom. The Bertz CT molecular complexity index is 1580. The summed E-state index contributed by atoms with van der Waals surface area (Å²) in [6, 6.07) is -1.04. The highest BCUT2D eigenvalue weighted by atomic mass is 16.7. The monoisotopic (exact) mass is 1130 g/mol. The van der Waals surface area contributed by atoms with E-state index >= 15 is 0 Å². The first-order valence-corrected chi connectivity index (χ1v) is 33.3. The van der Waals surface area contributed by atoms with Crippen molar-refractivity contribution in [2.75, 3.05) is 13.2 Å². The van der Waals surface area contributed by atoms with Crippen molar-refractivity contribution in [2.24, 2.45) is 0 Å². The van der Waals surface area contributed by atoms with E-state index in [0.717, 1.165) is 70.6 Å². The van der Waals surface area contributed by atoms with E-state index in [4.69, 9.17) is 14.2 Å². The van der Waals surface area contributed by atoms with Crippen LogP contribution >= 0.6 is 0 Å². The average Bonchev–Trinajstić information content (AvgIpc) is 3.46. The Hall–Kier alpha value is -2.90. The van der Waals surface area contributed by atoms with Crippen LogP contribution in [0.25, 0.3) is 0 Å². The molecular formula is C69H123NO10. The van der Waals surface area contributed by atoms with Gasteiger partial charge in [0.2, 0.25) is 5.91 Å². The van der Waals surface area contributed by atoms with E-state index in [9.17, 15) is 35.1 Å². The van der Waals surface area contributed by atoms with Crippen molar-refractivity contribution in [3.05, 3.63) is 72.9 Å². The second-order valence-electron chi connectivity index (χ2n) is 22.9. The number of hydrogen-bond donors (Lipinski definition) is 6. The third kappa shape index (κ3) is 43.7. The van der Waals surface area contributed by atoms with Gasteiger partial charge in [0, 0.05) is 6.42 Å². The molecule has 11 heteroatoms. The second kappa shape index (κ2) is 56.6. The number of amides is 1. The molecule has 0 bridgehead atoms. The number of nitrogens with one attached hydrogen (secondary N) is 1. The summed E-state index contributed by atoms with van der Waals surface area (Å²) in [4.78, 5) is 26.6. The van der Waals surface area contributed by atoms with Crippen LogP contribution in [0.5, 0.6) is 0 Å². The molecule has 0 aromatic rings. The molecule has 0 aliphatic carbocycles. The third-order valence-electron chi connectivity index (χ3n) is 15.4. The predicted octanol–water partition coefficient (Wildman–Crippen LogP) is 16.3. The van der Waals surface area contributed by atoms with Crippen molar-refractivity contribution in [3.8, 4) is 0 Å². The van der Waals surface area contributed by atoms with E-state index in [1.165, 1.54) is 173 Å². The normalized spacial score (nSPS) is 19.2. The summed E-state index contributed by atoms with van der Waals surface area (Å²) in [5.41, 5.74) is 0. The lowest BCUT2D eigenvalue weighted by Gasteiger charge is -2.41. The van der Waals surface area contributed by atoms with Crippen molar-refractivity contribution in [2.45, 2.75) is 339 Å². The Morgan fingerprint density at radius 1 is 0.500 bits per heavy atom. The summed E-state index contributed by atoms with van der Waals surface area (Å²) in [5, 5.41) is 57.0. The molecule has 1 heterocycles. The maximum Gasteiger partial charge on any atom is 0.306 e. The minimum atomic E-state index is -1.62. The predicted molar refractivity (Wildman–Crippen MR) is 333 cm³/mol. The minimum Gasteiger partial charge on any atom is -0.454 e. The van der Waals surface area contributed by atoms with Gasteiger partial charge in [-0.05, 0) is 70.6 Å². The van der Waals surface area contributed by atoms with Crippen LogP contribution in [0.2, 0.25) is 0 Å². The number of rotatable bonds is 56. The van der Waals surface area contributed by atoms with Crippen LogP contribution in [0.15, 0.2) is 72.9 Å². The molecule has 0 saturated carbocycles. The number of carbonyl (C=O) groups excluding carboxylic acids is 2. The van der Waals surface area contributed by atoms with Crippen molar-refractivity contribution < 1.29 is 49.3 Å². The zero-order valence-corrected chi connectivity index (χ0v) is 51.4. The lowest BCUT2D eigenvalue weighted by Crippen LogP contribution is -2.61. The molecule has 1 aliphatic rings. The van der Waals surface area contributed by atoms with Gasteiger partial charge in [0.1, 0.15) is 24.4 Å². The molecule has 1 saturated heterocycles.